The molecule has 0 saturated carbocycles. The number of anilines is 1. The molecule has 0 radical (unpaired) electrons. The lowest BCUT2D eigenvalue weighted by Crippen LogP contribution is -2.43. The van der Waals surface area contributed by atoms with Gasteiger partial charge < -0.3 is 11.5 Å². The molecule has 0 fully saturated rings. The number of nitrogens with two attached hydrogens (primary N) is 2. The smallest absolute Gasteiger partial charge is 0.247 e. The highest BCUT2D eigenvalue weighted by molar-refractivity contribution is 6.16. The van der Waals surface area contributed by atoms with E-state index in [4.69, 9.17) is 11.5 Å². The van der Waals surface area contributed by atoms with Crippen LogP contribution >= 0.6 is 0 Å². The molecule has 5 nitrogen and oxygen atoms in total. The first-order valence-electron chi connectivity index (χ1n) is 5.55. The molecule has 0 saturated heterocycles. The third kappa shape index (κ3) is 2.07. The molecule has 2 rings (SSSR count). The summed E-state index contributed by atoms with van der Waals surface area (Å²) in [6.07, 6.45) is 0.989. The molecule has 90 valence electrons. The molecular formula is C12H15N3O2. The van der Waals surface area contributed by atoms with Crippen molar-refractivity contribution in [2.75, 3.05) is 11.4 Å². The summed E-state index contributed by atoms with van der Waals surface area (Å²) in [5.41, 5.74) is 13.5. The van der Waals surface area contributed by atoms with Crippen molar-refractivity contribution in [3.63, 3.8) is 0 Å². The first kappa shape index (κ1) is 11.8. The number of hydrogen-bond donors (Lipinski definition) is 2. The lowest BCUT2D eigenvalue weighted by Gasteiger charge is -2.27. The largest absolute Gasteiger partial charge is 0.326 e. The van der Waals surface area contributed by atoms with E-state index in [1.54, 1.807) is 6.07 Å². The van der Waals surface area contributed by atoms with Crippen molar-refractivity contribution in [2.24, 2.45) is 11.5 Å². The van der Waals surface area contributed by atoms with Crippen molar-refractivity contribution in [3.05, 3.63) is 29.3 Å². The second-order valence-electron chi connectivity index (χ2n) is 3.99. The molecule has 1 heterocycles. The predicted molar refractivity (Wildman–Crippen MR) is 64.2 cm³/mol. The number of rotatable bonds is 2. The molecule has 1 aromatic rings. The first-order chi connectivity index (χ1) is 8.17. The topological polar surface area (TPSA) is 89.4 Å². The molecule has 5 heteroatoms. The zero-order chi connectivity index (χ0) is 12.4. The first-order valence-corrected chi connectivity index (χ1v) is 5.55. The van der Waals surface area contributed by atoms with Gasteiger partial charge in [-0.1, -0.05) is 12.1 Å². The van der Waals surface area contributed by atoms with Gasteiger partial charge in [0.1, 0.15) is 0 Å². The van der Waals surface area contributed by atoms with Gasteiger partial charge in [0.05, 0.1) is 12.2 Å². The van der Waals surface area contributed by atoms with Crippen molar-refractivity contribution in [3.8, 4) is 0 Å². The minimum absolute atomic E-state index is 0.163. The highest BCUT2D eigenvalue weighted by Crippen LogP contribution is 2.28. The van der Waals surface area contributed by atoms with E-state index in [0.717, 1.165) is 11.1 Å². The van der Waals surface area contributed by atoms with Crippen LogP contribution in [0.2, 0.25) is 0 Å². The van der Waals surface area contributed by atoms with Crippen LogP contribution in [0.15, 0.2) is 18.2 Å². The van der Waals surface area contributed by atoms with E-state index in [-0.39, 0.29) is 18.4 Å². The summed E-state index contributed by atoms with van der Waals surface area (Å²) >= 11 is 0. The van der Waals surface area contributed by atoms with Crippen LogP contribution < -0.4 is 16.4 Å². The van der Waals surface area contributed by atoms with Gasteiger partial charge in [0.2, 0.25) is 11.8 Å². The van der Waals surface area contributed by atoms with E-state index < -0.39 is 0 Å². The third-order valence-electron chi connectivity index (χ3n) is 2.90. The molecule has 4 N–H and O–H groups in total. The van der Waals surface area contributed by atoms with Crippen molar-refractivity contribution < 1.29 is 9.59 Å². The van der Waals surface area contributed by atoms with Gasteiger partial charge in [0, 0.05) is 13.0 Å². The zero-order valence-corrected chi connectivity index (χ0v) is 9.48. The molecular weight excluding hydrogens is 218 g/mol. The van der Waals surface area contributed by atoms with Gasteiger partial charge in [-0.2, -0.15) is 0 Å². The fourth-order valence-electron chi connectivity index (χ4n) is 2.04. The average molecular weight is 233 g/mol. The van der Waals surface area contributed by atoms with Gasteiger partial charge in [0.15, 0.2) is 0 Å². The molecule has 0 atom stereocenters. The van der Waals surface area contributed by atoms with Crippen LogP contribution in [-0.2, 0) is 22.6 Å². The molecule has 0 aromatic heterocycles. The van der Waals surface area contributed by atoms with E-state index in [0.29, 0.717) is 25.1 Å². The molecule has 0 bridgehead atoms. The normalized spacial score (nSPS) is 14.7. The maximum Gasteiger partial charge on any atom is 0.247 e. The number of benzene rings is 1. The number of nitrogens with zero attached hydrogens (tertiary/aromatic N) is 1. The Hall–Kier alpha value is -1.72. The molecule has 1 aromatic carbocycles. The predicted octanol–water partition coefficient (Wildman–Crippen LogP) is -0.0902. The lowest BCUT2D eigenvalue weighted by molar-refractivity contribution is -0.126. The van der Waals surface area contributed by atoms with Crippen LogP contribution in [0.1, 0.15) is 17.5 Å². The Labute approximate surface area is 99.4 Å². The summed E-state index contributed by atoms with van der Waals surface area (Å²) in [4.78, 5) is 24.6. The molecule has 2 amide bonds. The maximum atomic E-state index is 11.7. The summed E-state index contributed by atoms with van der Waals surface area (Å²) < 4.78 is 0. The second kappa shape index (κ2) is 4.65. The Bertz CT molecular complexity index is 471. The molecule has 1 aliphatic rings. The van der Waals surface area contributed by atoms with E-state index >= 15 is 0 Å². The van der Waals surface area contributed by atoms with Crippen molar-refractivity contribution in [1.29, 1.82) is 0 Å². The summed E-state index contributed by atoms with van der Waals surface area (Å²) in [5, 5.41) is 0. The van der Waals surface area contributed by atoms with Gasteiger partial charge in [-0.15, -0.1) is 0 Å². The Morgan fingerprint density at radius 2 is 2.06 bits per heavy atom. The fraction of sp³-hybridized carbons (Fsp3) is 0.333. The number of fused-ring (bicyclic) bond motifs is 1. The van der Waals surface area contributed by atoms with Crippen molar-refractivity contribution in [2.45, 2.75) is 19.4 Å². The third-order valence-corrected chi connectivity index (χ3v) is 2.90. The minimum atomic E-state index is -0.364. The number of aryl methyl sites for hydroxylation is 1. The Morgan fingerprint density at radius 1 is 1.29 bits per heavy atom. The van der Waals surface area contributed by atoms with Gasteiger partial charge in [-0.25, -0.2) is 4.90 Å². The van der Waals surface area contributed by atoms with E-state index in [1.807, 2.05) is 12.1 Å². The second-order valence-corrected chi connectivity index (χ2v) is 3.99. The molecule has 1 aliphatic heterocycles. The molecule has 0 aliphatic carbocycles. The minimum Gasteiger partial charge on any atom is -0.326 e. The van der Waals surface area contributed by atoms with Crippen LogP contribution in [0.5, 0.6) is 0 Å². The highest BCUT2D eigenvalue weighted by Gasteiger charge is 2.28. The van der Waals surface area contributed by atoms with E-state index in [9.17, 15) is 9.59 Å². The highest BCUT2D eigenvalue weighted by atomic mass is 16.2. The Morgan fingerprint density at radius 3 is 2.71 bits per heavy atom. The van der Waals surface area contributed by atoms with E-state index in [1.165, 1.54) is 4.90 Å². The summed E-state index contributed by atoms with van der Waals surface area (Å²) in [7, 11) is 0. The van der Waals surface area contributed by atoms with Crippen LogP contribution in [0.25, 0.3) is 0 Å². The van der Waals surface area contributed by atoms with Gasteiger partial charge >= 0.3 is 0 Å². The number of carbonyl (C=O) groups excluding carboxylic acids is 2. The average Bonchev–Trinajstić information content (AvgIpc) is 2.37. The SMILES string of the molecule is NCC(=O)N1C(=O)CCc2cc(CN)ccc21. The standard InChI is InChI=1S/C12H15N3O2/c13-6-8-1-3-10-9(5-8)2-4-11(16)15(10)12(17)7-14/h1,3,5H,2,4,6-7,13-14H2. The fourth-order valence-corrected chi connectivity index (χ4v) is 2.04. The molecule has 0 unspecified atom stereocenters. The number of imide groups is 1. The summed E-state index contributed by atoms with van der Waals surface area (Å²) in [5.74, 6) is -0.551. The quantitative estimate of drug-likeness (QED) is 0.747. The monoisotopic (exact) mass is 233 g/mol. The van der Waals surface area contributed by atoms with E-state index in [2.05, 4.69) is 0 Å². The van der Waals surface area contributed by atoms with Crippen molar-refractivity contribution >= 4 is 17.5 Å². The van der Waals surface area contributed by atoms with Crippen molar-refractivity contribution in [1.82, 2.24) is 0 Å². The van der Waals surface area contributed by atoms with Crippen LogP contribution in [0, 0.1) is 0 Å². The number of amides is 2. The number of hydrogen-bond acceptors (Lipinski definition) is 4. The van der Waals surface area contributed by atoms with Gasteiger partial charge in [-0.05, 0) is 23.6 Å². The van der Waals surface area contributed by atoms with Gasteiger partial charge in [0.25, 0.3) is 0 Å². The molecule has 17 heavy (non-hydrogen) atoms. The molecule has 0 spiro atoms. The van der Waals surface area contributed by atoms with Gasteiger partial charge in [-0.3, -0.25) is 9.59 Å². The zero-order valence-electron chi connectivity index (χ0n) is 9.48. The Balaban J connectivity index is 2.45. The van der Waals surface area contributed by atoms with Crippen LogP contribution in [0.4, 0.5) is 5.69 Å². The lowest BCUT2D eigenvalue weighted by atomic mass is 9.98. The number of carbonyl (C=O) groups is 2. The summed E-state index contributed by atoms with van der Waals surface area (Å²) in [6.45, 7) is 0.288. The van der Waals surface area contributed by atoms with Crippen LogP contribution in [0.3, 0.4) is 0 Å². The maximum absolute atomic E-state index is 11.7. The Kier molecular flexibility index (Phi) is 3.21. The van der Waals surface area contributed by atoms with Crippen LogP contribution in [-0.4, -0.2) is 18.4 Å². The summed E-state index contributed by atoms with van der Waals surface area (Å²) in [6, 6.07) is 5.54.